The molecule has 1 amide bonds. The number of ether oxygens (including phenoxy) is 1. The number of carbonyl (C=O) groups is 1. The average molecular weight is 393 g/mol. The van der Waals surface area contributed by atoms with Crippen molar-refractivity contribution in [1.82, 2.24) is 10.0 Å². The molecule has 0 saturated heterocycles. The van der Waals surface area contributed by atoms with Gasteiger partial charge in [0.25, 0.3) is 0 Å². The maximum Gasteiger partial charge on any atom is 0.241 e. The lowest BCUT2D eigenvalue weighted by Crippen LogP contribution is -2.49. The fourth-order valence-electron chi connectivity index (χ4n) is 2.70. The zero-order valence-electron chi connectivity index (χ0n) is 16.1. The zero-order valence-corrected chi connectivity index (χ0v) is 16.9. The van der Waals surface area contributed by atoms with Crippen LogP contribution in [-0.2, 0) is 19.6 Å². The van der Waals surface area contributed by atoms with Gasteiger partial charge in [-0.2, -0.15) is 4.72 Å². The SMILES string of the molecule is CCOCCCNC(=O)[C@@H](NS(=O)(=O)c1ccc2ccccc2c1)C(C)C. The van der Waals surface area contributed by atoms with Crippen molar-refractivity contribution >= 4 is 26.7 Å². The van der Waals surface area contributed by atoms with Crippen molar-refractivity contribution in [3.05, 3.63) is 42.5 Å². The Morgan fingerprint density at radius 3 is 2.48 bits per heavy atom. The number of hydrogen-bond donors (Lipinski definition) is 2. The normalized spacial score (nSPS) is 13.0. The molecule has 0 bridgehead atoms. The molecule has 0 heterocycles. The van der Waals surface area contributed by atoms with Crippen LogP contribution < -0.4 is 10.0 Å². The van der Waals surface area contributed by atoms with Crippen LogP contribution in [0.3, 0.4) is 0 Å². The Morgan fingerprint density at radius 1 is 1.11 bits per heavy atom. The van der Waals surface area contributed by atoms with Crippen LogP contribution in [0.2, 0.25) is 0 Å². The van der Waals surface area contributed by atoms with E-state index in [1.165, 1.54) is 0 Å². The number of hydrogen-bond acceptors (Lipinski definition) is 4. The number of nitrogens with one attached hydrogen (secondary N) is 2. The lowest BCUT2D eigenvalue weighted by molar-refractivity contribution is -0.123. The molecule has 0 aliphatic heterocycles. The summed E-state index contributed by atoms with van der Waals surface area (Å²) in [6.07, 6.45) is 0.682. The smallest absolute Gasteiger partial charge is 0.241 e. The molecule has 7 heteroatoms. The molecule has 0 aromatic heterocycles. The van der Waals surface area contributed by atoms with Crippen molar-refractivity contribution in [2.75, 3.05) is 19.8 Å². The minimum atomic E-state index is -3.82. The van der Waals surface area contributed by atoms with Crippen molar-refractivity contribution in [1.29, 1.82) is 0 Å². The summed E-state index contributed by atoms with van der Waals surface area (Å²) in [5, 5.41) is 4.58. The van der Waals surface area contributed by atoms with E-state index in [-0.39, 0.29) is 16.7 Å². The van der Waals surface area contributed by atoms with E-state index in [9.17, 15) is 13.2 Å². The van der Waals surface area contributed by atoms with Gasteiger partial charge in [-0.05, 0) is 42.2 Å². The summed E-state index contributed by atoms with van der Waals surface area (Å²) in [5.74, 6) is -0.516. The van der Waals surface area contributed by atoms with Crippen molar-refractivity contribution in [2.45, 2.75) is 38.1 Å². The lowest BCUT2D eigenvalue weighted by atomic mass is 10.1. The molecule has 6 nitrogen and oxygen atoms in total. The zero-order chi connectivity index (χ0) is 19.9. The van der Waals surface area contributed by atoms with Crippen LogP contribution in [0.5, 0.6) is 0 Å². The molecule has 0 fully saturated rings. The minimum Gasteiger partial charge on any atom is -0.382 e. The van der Waals surface area contributed by atoms with Crippen LogP contribution in [0.25, 0.3) is 10.8 Å². The summed E-state index contributed by atoms with van der Waals surface area (Å²) in [4.78, 5) is 12.6. The first-order chi connectivity index (χ1) is 12.8. The summed E-state index contributed by atoms with van der Waals surface area (Å²) in [6.45, 7) is 7.18. The third-order valence-corrected chi connectivity index (χ3v) is 5.67. The number of rotatable bonds is 10. The third kappa shape index (κ3) is 6.02. The monoisotopic (exact) mass is 392 g/mol. The number of benzene rings is 2. The maximum atomic E-state index is 12.8. The van der Waals surface area contributed by atoms with Gasteiger partial charge in [-0.25, -0.2) is 8.42 Å². The average Bonchev–Trinajstić information content (AvgIpc) is 2.65. The molecule has 0 unspecified atom stereocenters. The fraction of sp³-hybridized carbons (Fsp3) is 0.450. The Bertz CT molecular complexity index is 865. The maximum absolute atomic E-state index is 12.8. The first kappa shape index (κ1) is 21.3. The molecule has 0 saturated carbocycles. The van der Waals surface area contributed by atoms with Gasteiger partial charge >= 0.3 is 0 Å². The second kappa shape index (κ2) is 9.82. The summed E-state index contributed by atoms with van der Waals surface area (Å²) in [7, 11) is -3.82. The first-order valence-corrected chi connectivity index (χ1v) is 10.7. The van der Waals surface area contributed by atoms with Crippen LogP contribution in [0.4, 0.5) is 0 Å². The van der Waals surface area contributed by atoms with E-state index in [4.69, 9.17) is 4.74 Å². The molecule has 0 aliphatic carbocycles. The van der Waals surface area contributed by atoms with Gasteiger partial charge in [0.1, 0.15) is 6.04 Å². The van der Waals surface area contributed by atoms with Crippen LogP contribution in [0, 0.1) is 5.92 Å². The molecule has 0 radical (unpaired) electrons. The first-order valence-electron chi connectivity index (χ1n) is 9.21. The fourth-order valence-corrected chi connectivity index (χ4v) is 4.08. The molecule has 2 rings (SSSR count). The Kier molecular flexibility index (Phi) is 7.77. The number of carbonyl (C=O) groups excluding carboxylic acids is 1. The number of amides is 1. The van der Waals surface area contributed by atoms with Gasteiger partial charge in [-0.1, -0.05) is 44.2 Å². The highest BCUT2D eigenvalue weighted by Crippen LogP contribution is 2.19. The minimum absolute atomic E-state index is 0.149. The molecule has 1 atom stereocenters. The topological polar surface area (TPSA) is 84.5 Å². The Morgan fingerprint density at radius 2 is 1.81 bits per heavy atom. The largest absolute Gasteiger partial charge is 0.382 e. The summed E-state index contributed by atoms with van der Waals surface area (Å²) < 4.78 is 33.4. The van der Waals surface area contributed by atoms with Gasteiger partial charge in [-0.15, -0.1) is 0 Å². The molecule has 2 aromatic carbocycles. The summed E-state index contributed by atoms with van der Waals surface area (Å²) >= 11 is 0. The molecule has 0 spiro atoms. The Labute approximate surface area is 161 Å². The molecular weight excluding hydrogens is 364 g/mol. The van der Waals surface area contributed by atoms with Crippen LogP contribution in [0.1, 0.15) is 27.2 Å². The molecular formula is C20H28N2O4S. The Hall–Kier alpha value is -1.96. The van der Waals surface area contributed by atoms with E-state index >= 15 is 0 Å². The second-order valence-corrected chi connectivity index (χ2v) is 8.41. The molecule has 2 aromatic rings. The van der Waals surface area contributed by atoms with Crippen LogP contribution in [-0.4, -0.2) is 40.1 Å². The quantitative estimate of drug-likeness (QED) is 0.609. The highest BCUT2D eigenvalue weighted by atomic mass is 32.2. The van der Waals surface area contributed by atoms with Gasteiger partial charge in [0.05, 0.1) is 4.90 Å². The predicted molar refractivity (Wildman–Crippen MR) is 107 cm³/mol. The van der Waals surface area contributed by atoms with E-state index in [0.717, 1.165) is 10.8 Å². The molecule has 0 aliphatic rings. The van der Waals surface area contributed by atoms with Gasteiger partial charge in [0.2, 0.25) is 15.9 Å². The second-order valence-electron chi connectivity index (χ2n) is 6.69. The van der Waals surface area contributed by atoms with Crippen molar-refractivity contribution in [2.24, 2.45) is 5.92 Å². The van der Waals surface area contributed by atoms with E-state index < -0.39 is 16.1 Å². The standard InChI is InChI=1S/C20H28N2O4S/c1-4-26-13-7-12-21-20(23)19(15(2)3)22-27(24,25)18-11-10-16-8-5-6-9-17(16)14-18/h5-6,8-11,14-15,19,22H,4,7,12-13H2,1-3H3,(H,21,23)/t19-/m0/s1. The van der Waals surface area contributed by atoms with Gasteiger partial charge in [0.15, 0.2) is 0 Å². The molecule has 148 valence electrons. The predicted octanol–water partition coefficient (Wildman–Crippen LogP) is 2.69. The van der Waals surface area contributed by atoms with Crippen LogP contribution in [0.15, 0.2) is 47.4 Å². The lowest BCUT2D eigenvalue weighted by Gasteiger charge is -2.21. The van der Waals surface area contributed by atoms with Crippen molar-refractivity contribution in [3.63, 3.8) is 0 Å². The Balaban J connectivity index is 2.09. The highest BCUT2D eigenvalue weighted by Gasteiger charge is 2.28. The van der Waals surface area contributed by atoms with E-state index in [1.54, 1.807) is 18.2 Å². The van der Waals surface area contributed by atoms with Gasteiger partial charge in [0, 0.05) is 19.8 Å². The molecule has 27 heavy (non-hydrogen) atoms. The third-order valence-electron chi connectivity index (χ3n) is 4.23. The van der Waals surface area contributed by atoms with Crippen molar-refractivity contribution < 1.29 is 17.9 Å². The number of sulfonamides is 1. The highest BCUT2D eigenvalue weighted by molar-refractivity contribution is 7.89. The van der Waals surface area contributed by atoms with Crippen molar-refractivity contribution in [3.8, 4) is 0 Å². The van der Waals surface area contributed by atoms with E-state index in [0.29, 0.717) is 26.2 Å². The van der Waals surface area contributed by atoms with Gasteiger partial charge in [-0.3, -0.25) is 4.79 Å². The van der Waals surface area contributed by atoms with E-state index in [1.807, 2.05) is 45.0 Å². The van der Waals surface area contributed by atoms with Crippen LogP contribution >= 0.6 is 0 Å². The van der Waals surface area contributed by atoms with E-state index in [2.05, 4.69) is 10.0 Å². The molecule has 2 N–H and O–H groups in total. The number of fused-ring (bicyclic) bond motifs is 1. The summed E-state index contributed by atoms with van der Waals surface area (Å²) in [5.41, 5.74) is 0. The summed E-state index contributed by atoms with van der Waals surface area (Å²) in [6, 6.07) is 11.6. The van der Waals surface area contributed by atoms with Gasteiger partial charge < -0.3 is 10.1 Å².